The molecule has 3 N–H and O–H groups in total. The van der Waals surface area contributed by atoms with Gasteiger partial charge in [-0.25, -0.2) is 13.8 Å². The monoisotopic (exact) mass is 255 g/mol. The van der Waals surface area contributed by atoms with Crippen LogP contribution in [0.1, 0.15) is 5.69 Å². The summed E-state index contributed by atoms with van der Waals surface area (Å²) in [4.78, 5) is 4.23. The standard InChI is InChI=1S/C11H11F2N3S/c12-7-1-2-10(9(13)5-7)16-11-15-8(3-4-14)6-17-11/h1-2,5-6H,3-4,14H2,(H,15,16). The van der Waals surface area contributed by atoms with Gasteiger partial charge in [0.1, 0.15) is 11.6 Å². The lowest BCUT2D eigenvalue weighted by Gasteiger charge is -2.03. The van der Waals surface area contributed by atoms with Gasteiger partial charge in [0.15, 0.2) is 5.13 Å². The molecule has 0 saturated heterocycles. The second kappa shape index (κ2) is 5.20. The van der Waals surface area contributed by atoms with Crippen molar-refractivity contribution >= 4 is 22.2 Å². The van der Waals surface area contributed by atoms with Gasteiger partial charge in [-0.05, 0) is 18.7 Å². The molecule has 0 aliphatic rings. The number of hydrogen-bond acceptors (Lipinski definition) is 4. The van der Waals surface area contributed by atoms with Crippen LogP contribution in [0.3, 0.4) is 0 Å². The first-order valence-electron chi connectivity index (χ1n) is 5.05. The van der Waals surface area contributed by atoms with Gasteiger partial charge in [-0.2, -0.15) is 0 Å². The number of nitrogens with one attached hydrogen (secondary N) is 1. The molecule has 3 nitrogen and oxygen atoms in total. The van der Waals surface area contributed by atoms with Crippen LogP contribution in [0.5, 0.6) is 0 Å². The van der Waals surface area contributed by atoms with Crippen molar-refractivity contribution in [2.24, 2.45) is 5.73 Å². The summed E-state index contributed by atoms with van der Waals surface area (Å²) in [6.07, 6.45) is 0.685. The van der Waals surface area contributed by atoms with Crippen LogP contribution in [0.4, 0.5) is 19.6 Å². The molecular formula is C11H11F2N3S. The molecular weight excluding hydrogens is 244 g/mol. The van der Waals surface area contributed by atoms with E-state index in [4.69, 9.17) is 5.73 Å². The molecule has 0 fully saturated rings. The number of thiazole rings is 1. The van der Waals surface area contributed by atoms with Gasteiger partial charge in [-0.3, -0.25) is 0 Å². The Morgan fingerprint density at radius 2 is 2.18 bits per heavy atom. The topological polar surface area (TPSA) is 50.9 Å². The average Bonchev–Trinajstić information content (AvgIpc) is 2.71. The fourth-order valence-corrected chi connectivity index (χ4v) is 2.09. The smallest absolute Gasteiger partial charge is 0.187 e. The van der Waals surface area contributed by atoms with Gasteiger partial charge >= 0.3 is 0 Å². The zero-order valence-corrected chi connectivity index (χ0v) is 9.73. The van der Waals surface area contributed by atoms with Crippen LogP contribution in [-0.2, 0) is 6.42 Å². The van der Waals surface area contributed by atoms with Crippen molar-refractivity contribution in [1.82, 2.24) is 4.98 Å². The van der Waals surface area contributed by atoms with Gasteiger partial charge in [0.2, 0.25) is 0 Å². The highest BCUT2D eigenvalue weighted by Gasteiger charge is 2.06. The van der Waals surface area contributed by atoms with Crippen LogP contribution in [0.25, 0.3) is 0 Å². The molecule has 17 heavy (non-hydrogen) atoms. The summed E-state index contributed by atoms with van der Waals surface area (Å²) in [6.45, 7) is 0.522. The quantitative estimate of drug-likeness (QED) is 0.883. The molecule has 0 aliphatic heterocycles. The van der Waals surface area contributed by atoms with Crippen molar-refractivity contribution in [2.75, 3.05) is 11.9 Å². The molecule has 6 heteroatoms. The van der Waals surface area contributed by atoms with Crippen molar-refractivity contribution in [3.8, 4) is 0 Å². The van der Waals surface area contributed by atoms with Crippen LogP contribution < -0.4 is 11.1 Å². The summed E-state index contributed by atoms with van der Waals surface area (Å²) in [7, 11) is 0. The fourth-order valence-electron chi connectivity index (χ4n) is 1.33. The number of benzene rings is 1. The van der Waals surface area contributed by atoms with E-state index in [0.29, 0.717) is 18.1 Å². The Morgan fingerprint density at radius 3 is 2.88 bits per heavy atom. The Labute approximate surface area is 101 Å². The van der Waals surface area contributed by atoms with Gasteiger partial charge in [0.25, 0.3) is 0 Å². The molecule has 1 aromatic heterocycles. The number of nitrogens with zero attached hydrogens (tertiary/aromatic N) is 1. The van der Waals surface area contributed by atoms with Crippen molar-refractivity contribution in [3.63, 3.8) is 0 Å². The van der Waals surface area contributed by atoms with Crippen molar-refractivity contribution in [1.29, 1.82) is 0 Å². The molecule has 2 rings (SSSR count). The third-order valence-corrected chi connectivity index (χ3v) is 2.93. The second-order valence-corrected chi connectivity index (χ2v) is 4.29. The van der Waals surface area contributed by atoms with Gasteiger partial charge in [0, 0.05) is 17.9 Å². The van der Waals surface area contributed by atoms with Crippen LogP contribution in [-0.4, -0.2) is 11.5 Å². The third kappa shape index (κ3) is 2.98. The molecule has 0 amide bonds. The van der Waals surface area contributed by atoms with E-state index in [1.54, 1.807) is 0 Å². The van der Waals surface area contributed by atoms with E-state index < -0.39 is 11.6 Å². The first-order valence-corrected chi connectivity index (χ1v) is 5.93. The van der Waals surface area contributed by atoms with Crippen molar-refractivity contribution in [2.45, 2.75) is 6.42 Å². The van der Waals surface area contributed by atoms with E-state index in [-0.39, 0.29) is 5.69 Å². The van der Waals surface area contributed by atoms with Gasteiger partial charge in [-0.1, -0.05) is 0 Å². The van der Waals surface area contributed by atoms with E-state index in [0.717, 1.165) is 11.8 Å². The maximum absolute atomic E-state index is 13.3. The number of aromatic nitrogens is 1. The molecule has 0 atom stereocenters. The third-order valence-electron chi connectivity index (χ3n) is 2.12. The Morgan fingerprint density at radius 1 is 1.35 bits per heavy atom. The minimum atomic E-state index is -0.638. The highest BCUT2D eigenvalue weighted by atomic mass is 32.1. The van der Waals surface area contributed by atoms with Crippen LogP contribution in [0.15, 0.2) is 23.6 Å². The molecule has 0 unspecified atom stereocenters. The summed E-state index contributed by atoms with van der Waals surface area (Å²) in [5.41, 5.74) is 6.48. The Hall–Kier alpha value is -1.53. The lowest BCUT2D eigenvalue weighted by atomic mass is 10.3. The highest BCUT2D eigenvalue weighted by Crippen LogP contribution is 2.23. The fraction of sp³-hybridized carbons (Fsp3) is 0.182. The lowest BCUT2D eigenvalue weighted by molar-refractivity contribution is 0.586. The molecule has 0 saturated carbocycles. The first kappa shape index (κ1) is 11.9. The summed E-state index contributed by atoms with van der Waals surface area (Å²) in [6, 6.07) is 3.37. The SMILES string of the molecule is NCCc1csc(Nc2ccc(F)cc2F)n1. The predicted molar refractivity (Wildman–Crippen MR) is 64.5 cm³/mol. The molecule has 0 bridgehead atoms. The minimum Gasteiger partial charge on any atom is -0.330 e. The van der Waals surface area contributed by atoms with Gasteiger partial charge in [0.05, 0.1) is 11.4 Å². The first-order chi connectivity index (χ1) is 8.19. The van der Waals surface area contributed by atoms with Crippen LogP contribution in [0, 0.1) is 11.6 Å². The maximum Gasteiger partial charge on any atom is 0.187 e. The highest BCUT2D eigenvalue weighted by molar-refractivity contribution is 7.13. The minimum absolute atomic E-state index is 0.208. The predicted octanol–water partition coefficient (Wildman–Crippen LogP) is 2.67. The van der Waals surface area contributed by atoms with E-state index in [9.17, 15) is 8.78 Å². The number of rotatable bonds is 4. The van der Waals surface area contributed by atoms with E-state index in [2.05, 4.69) is 10.3 Å². The van der Waals surface area contributed by atoms with Crippen molar-refractivity contribution in [3.05, 3.63) is 40.9 Å². The van der Waals surface area contributed by atoms with Crippen molar-refractivity contribution < 1.29 is 8.78 Å². The van der Waals surface area contributed by atoms with Crippen LogP contribution >= 0.6 is 11.3 Å². The van der Waals surface area contributed by atoms with Crippen LogP contribution in [0.2, 0.25) is 0 Å². The van der Waals surface area contributed by atoms with Gasteiger partial charge in [-0.15, -0.1) is 11.3 Å². The molecule has 0 radical (unpaired) electrons. The second-order valence-electron chi connectivity index (χ2n) is 3.43. The molecule has 0 aliphatic carbocycles. The zero-order valence-electron chi connectivity index (χ0n) is 8.91. The Kier molecular flexibility index (Phi) is 3.65. The van der Waals surface area contributed by atoms with E-state index >= 15 is 0 Å². The van der Waals surface area contributed by atoms with E-state index in [1.807, 2.05) is 5.38 Å². The molecule has 1 heterocycles. The summed E-state index contributed by atoms with van der Waals surface area (Å²) >= 11 is 1.36. The summed E-state index contributed by atoms with van der Waals surface area (Å²) in [5.74, 6) is -1.24. The number of hydrogen-bond donors (Lipinski definition) is 2. The Balaban J connectivity index is 2.13. The zero-order chi connectivity index (χ0) is 12.3. The molecule has 2 aromatic rings. The molecule has 0 spiro atoms. The molecule has 90 valence electrons. The molecule has 1 aromatic carbocycles. The van der Waals surface area contributed by atoms with Gasteiger partial charge < -0.3 is 11.1 Å². The number of nitrogens with two attached hydrogens (primary N) is 1. The summed E-state index contributed by atoms with van der Waals surface area (Å²) in [5, 5.41) is 5.23. The maximum atomic E-state index is 13.3. The lowest BCUT2D eigenvalue weighted by Crippen LogP contribution is -2.03. The Bertz CT molecular complexity index is 513. The summed E-state index contributed by atoms with van der Waals surface area (Å²) < 4.78 is 26.0. The number of halogens is 2. The van der Waals surface area contributed by atoms with E-state index in [1.165, 1.54) is 23.5 Å². The normalized spacial score (nSPS) is 10.5. The largest absolute Gasteiger partial charge is 0.330 e. The average molecular weight is 255 g/mol. The number of anilines is 2.